The molecule has 0 unspecified atom stereocenters. The Labute approximate surface area is 122 Å². The second-order valence-electron chi connectivity index (χ2n) is 5.02. The molecule has 0 bridgehead atoms. The minimum absolute atomic E-state index is 0.0579. The van der Waals surface area contributed by atoms with Crippen LogP contribution in [0, 0.1) is 10.1 Å². The molecule has 1 aliphatic rings. The Balaban J connectivity index is 1.98. The van der Waals surface area contributed by atoms with Crippen molar-refractivity contribution in [3.8, 4) is 0 Å². The fourth-order valence-corrected chi connectivity index (χ4v) is 2.34. The number of hydrogen-bond donors (Lipinski definition) is 0. The standard InChI is InChI=1S/C14H17N3O4/c1-11(18)9-14(19)16-7-5-15(6-8-16)12-3-2-4-13(10-12)17(20)21/h2-4,10H,5-9H2,1H3. The number of hydrogen-bond acceptors (Lipinski definition) is 5. The van der Waals surface area contributed by atoms with Crippen LogP contribution < -0.4 is 4.90 Å². The number of nitro groups is 1. The molecule has 1 amide bonds. The number of ketones is 1. The molecule has 0 atom stereocenters. The normalized spacial score (nSPS) is 14.9. The third kappa shape index (κ3) is 3.77. The van der Waals surface area contributed by atoms with Crippen LogP contribution in [0.2, 0.25) is 0 Å². The molecule has 112 valence electrons. The van der Waals surface area contributed by atoms with E-state index < -0.39 is 4.92 Å². The average molecular weight is 291 g/mol. The minimum atomic E-state index is -0.420. The monoisotopic (exact) mass is 291 g/mol. The number of nitro benzene ring substituents is 1. The van der Waals surface area contributed by atoms with E-state index in [1.54, 1.807) is 11.0 Å². The largest absolute Gasteiger partial charge is 0.368 e. The number of piperazine rings is 1. The van der Waals surface area contributed by atoms with Crippen molar-refractivity contribution in [3.63, 3.8) is 0 Å². The smallest absolute Gasteiger partial charge is 0.271 e. The molecule has 0 aromatic heterocycles. The van der Waals surface area contributed by atoms with Gasteiger partial charge in [0.15, 0.2) is 0 Å². The van der Waals surface area contributed by atoms with Gasteiger partial charge in [0.2, 0.25) is 5.91 Å². The van der Waals surface area contributed by atoms with Gasteiger partial charge in [-0.3, -0.25) is 19.7 Å². The number of anilines is 1. The molecule has 1 aromatic rings. The lowest BCUT2D eigenvalue weighted by atomic mass is 10.2. The van der Waals surface area contributed by atoms with Gasteiger partial charge >= 0.3 is 0 Å². The van der Waals surface area contributed by atoms with E-state index in [1.807, 2.05) is 11.0 Å². The van der Waals surface area contributed by atoms with Crippen LogP contribution in [0.5, 0.6) is 0 Å². The van der Waals surface area contributed by atoms with Crippen LogP contribution in [0.15, 0.2) is 24.3 Å². The van der Waals surface area contributed by atoms with Gasteiger partial charge in [-0.05, 0) is 13.0 Å². The van der Waals surface area contributed by atoms with Crippen LogP contribution in [0.3, 0.4) is 0 Å². The molecule has 2 rings (SSSR count). The van der Waals surface area contributed by atoms with Gasteiger partial charge in [-0.15, -0.1) is 0 Å². The predicted octanol–water partition coefficient (Wildman–Crippen LogP) is 1.22. The Bertz CT molecular complexity index is 565. The SMILES string of the molecule is CC(=O)CC(=O)N1CCN(c2cccc([N+](=O)[O-])c2)CC1. The van der Waals surface area contributed by atoms with Gasteiger partial charge in [0.25, 0.3) is 5.69 Å². The maximum Gasteiger partial charge on any atom is 0.271 e. The highest BCUT2D eigenvalue weighted by molar-refractivity contribution is 5.96. The maximum absolute atomic E-state index is 11.8. The number of amides is 1. The van der Waals surface area contributed by atoms with Gasteiger partial charge in [0.1, 0.15) is 5.78 Å². The van der Waals surface area contributed by atoms with Gasteiger partial charge in [-0.1, -0.05) is 6.07 Å². The molecule has 0 spiro atoms. The lowest BCUT2D eigenvalue weighted by Crippen LogP contribution is -2.49. The molecular weight excluding hydrogens is 274 g/mol. The van der Waals surface area contributed by atoms with Crippen LogP contribution >= 0.6 is 0 Å². The number of non-ortho nitro benzene ring substituents is 1. The van der Waals surface area contributed by atoms with Crippen molar-refractivity contribution in [2.45, 2.75) is 13.3 Å². The lowest BCUT2D eigenvalue weighted by molar-refractivity contribution is -0.384. The topological polar surface area (TPSA) is 83.8 Å². The van der Waals surface area contributed by atoms with E-state index in [1.165, 1.54) is 19.1 Å². The summed E-state index contributed by atoms with van der Waals surface area (Å²) in [6, 6.07) is 6.46. The van der Waals surface area contributed by atoms with Gasteiger partial charge in [0.05, 0.1) is 11.3 Å². The van der Waals surface area contributed by atoms with E-state index >= 15 is 0 Å². The number of nitrogens with zero attached hydrogens (tertiary/aromatic N) is 3. The molecule has 7 nitrogen and oxygen atoms in total. The van der Waals surface area contributed by atoms with Crippen LogP contribution in [-0.2, 0) is 9.59 Å². The summed E-state index contributed by atoms with van der Waals surface area (Å²) in [5.41, 5.74) is 0.838. The van der Waals surface area contributed by atoms with E-state index in [0.717, 1.165) is 5.69 Å². The summed E-state index contributed by atoms with van der Waals surface area (Å²) < 4.78 is 0. The van der Waals surface area contributed by atoms with Crippen LogP contribution in [0.1, 0.15) is 13.3 Å². The first kappa shape index (κ1) is 15.0. The van der Waals surface area contributed by atoms with Crippen molar-refractivity contribution in [1.82, 2.24) is 4.90 Å². The molecule has 0 N–H and O–H groups in total. The molecule has 1 aromatic carbocycles. The first-order chi connectivity index (χ1) is 9.97. The lowest BCUT2D eigenvalue weighted by Gasteiger charge is -2.36. The molecule has 1 heterocycles. The predicted molar refractivity (Wildman–Crippen MR) is 77.2 cm³/mol. The fraction of sp³-hybridized carbons (Fsp3) is 0.429. The van der Waals surface area contributed by atoms with E-state index in [9.17, 15) is 19.7 Å². The van der Waals surface area contributed by atoms with Crippen molar-refractivity contribution in [2.24, 2.45) is 0 Å². The Morgan fingerprint density at radius 3 is 2.48 bits per heavy atom. The zero-order chi connectivity index (χ0) is 15.4. The molecule has 0 saturated carbocycles. The van der Waals surface area contributed by atoms with Crippen molar-refractivity contribution < 1.29 is 14.5 Å². The first-order valence-corrected chi connectivity index (χ1v) is 6.74. The highest BCUT2D eigenvalue weighted by Crippen LogP contribution is 2.22. The number of carbonyl (C=O) groups is 2. The van der Waals surface area contributed by atoms with Crippen molar-refractivity contribution >= 4 is 23.1 Å². The third-order valence-electron chi connectivity index (χ3n) is 3.44. The number of Topliss-reactive ketones (excluding diaryl/α,β-unsaturated/α-hetero) is 1. The van der Waals surface area contributed by atoms with Gasteiger partial charge in [-0.25, -0.2) is 0 Å². The van der Waals surface area contributed by atoms with E-state index in [-0.39, 0.29) is 23.8 Å². The highest BCUT2D eigenvalue weighted by atomic mass is 16.6. The molecule has 7 heteroatoms. The Morgan fingerprint density at radius 1 is 1.24 bits per heavy atom. The summed E-state index contributed by atoms with van der Waals surface area (Å²) in [6.45, 7) is 3.65. The summed E-state index contributed by atoms with van der Waals surface area (Å²) in [4.78, 5) is 36.8. The van der Waals surface area contributed by atoms with E-state index in [4.69, 9.17) is 0 Å². The van der Waals surface area contributed by atoms with Crippen LogP contribution in [0.25, 0.3) is 0 Å². The van der Waals surface area contributed by atoms with Crippen molar-refractivity contribution in [3.05, 3.63) is 34.4 Å². The molecular formula is C14H17N3O4. The summed E-state index contributed by atoms with van der Waals surface area (Å²) >= 11 is 0. The minimum Gasteiger partial charge on any atom is -0.368 e. The maximum atomic E-state index is 11.8. The molecule has 0 radical (unpaired) electrons. The summed E-state index contributed by atoms with van der Waals surface area (Å²) in [7, 11) is 0. The second kappa shape index (κ2) is 6.34. The summed E-state index contributed by atoms with van der Waals surface area (Å²) in [5.74, 6) is -0.290. The average Bonchev–Trinajstić information content (AvgIpc) is 2.47. The van der Waals surface area contributed by atoms with Gasteiger partial charge < -0.3 is 9.80 Å². The highest BCUT2D eigenvalue weighted by Gasteiger charge is 2.22. The Morgan fingerprint density at radius 2 is 1.90 bits per heavy atom. The summed E-state index contributed by atoms with van der Waals surface area (Å²) in [5, 5.41) is 10.8. The van der Waals surface area contributed by atoms with E-state index in [0.29, 0.717) is 26.2 Å². The second-order valence-corrected chi connectivity index (χ2v) is 5.02. The van der Waals surface area contributed by atoms with Crippen LogP contribution in [-0.4, -0.2) is 47.7 Å². The number of carbonyl (C=O) groups excluding carboxylic acids is 2. The molecule has 1 aliphatic heterocycles. The molecule has 1 fully saturated rings. The zero-order valence-electron chi connectivity index (χ0n) is 11.8. The zero-order valence-corrected chi connectivity index (χ0v) is 11.8. The first-order valence-electron chi connectivity index (χ1n) is 6.74. The Hall–Kier alpha value is -2.44. The van der Waals surface area contributed by atoms with Crippen LogP contribution in [0.4, 0.5) is 11.4 Å². The molecule has 1 saturated heterocycles. The third-order valence-corrected chi connectivity index (χ3v) is 3.44. The quantitative estimate of drug-likeness (QED) is 0.473. The van der Waals surface area contributed by atoms with Crippen molar-refractivity contribution in [1.29, 1.82) is 0 Å². The summed E-state index contributed by atoms with van der Waals surface area (Å²) in [6.07, 6.45) is -0.0587. The molecule has 21 heavy (non-hydrogen) atoms. The number of rotatable bonds is 4. The number of benzene rings is 1. The van der Waals surface area contributed by atoms with E-state index in [2.05, 4.69) is 0 Å². The van der Waals surface area contributed by atoms with Crippen molar-refractivity contribution in [2.75, 3.05) is 31.1 Å². The van der Waals surface area contributed by atoms with Gasteiger partial charge in [-0.2, -0.15) is 0 Å². The fourth-order valence-electron chi connectivity index (χ4n) is 2.34. The molecule has 0 aliphatic carbocycles. The Kier molecular flexibility index (Phi) is 4.52. The van der Waals surface area contributed by atoms with Gasteiger partial charge in [0, 0.05) is 44.0 Å².